The minimum absolute atomic E-state index is 0.0178. The van der Waals surface area contributed by atoms with Gasteiger partial charge in [0.1, 0.15) is 5.82 Å². The van der Waals surface area contributed by atoms with Crippen molar-refractivity contribution in [2.24, 2.45) is 0 Å². The molecule has 1 heterocycles. The highest BCUT2D eigenvalue weighted by Gasteiger charge is 2.37. The van der Waals surface area contributed by atoms with E-state index >= 15 is 0 Å². The highest BCUT2D eigenvalue weighted by molar-refractivity contribution is 6.30. The molecule has 1 aromatic carbocycles. The molecule has 0 unspecified atom stereocenters. The van der Waals surface area contributed by atoms with Crippen LogP contribution in [0.1, 0.15) is 35.8 Å². The number of allylic oxidation sites excluding steroid dienone is 2. The molecule has 1 aromatic heterocycles. The van der Waals surface area contributed by atoms with E-state index in [0.29, 0.717) is 5.69 Å². The Morgan fingerprint density at radius 2 is 1.62 bits per heavy atom. The van der Waals surface area contributed by atoms with E-state index in [1.165, 1.54) is 22.8 Å². The fourth-order valence-electron chi connectivity index (χ4n) is 3.48. The lowest BCUT2D eigenvalue weighted by atomic mass is 9.73. The highest BCUT2D eigenvalue weighted by atomic mass is 35.5. The van der Waals surface area contributed by atoms with Crippen molar-refractivity contribution in [1.82, 2.24) is 4.57 Å². The van der Waals surface area contributed by atoms with Crippen LogP contribution < -0.4 is 0 Å². The number of nitrogens with zero attached hydrogens (tertiary/aromatic N) is 1. The van der Waals surface area contributed by atoms with E-state index in [0.717, 1.165) is 24.0 Å². The zero-order valence-corrected chi connectivity index (χ0v) is 11.8. The first kappa shape index (κ1) is 12.8. The molecule has 0 fully saturated rings. The lowest BCUT2D eigenvalue weighted by Gasteiger charge is -2.30. The molecule has 0 radical (unpaired) electrons. The van der Waals surface area contributed by atoms with Gasteiger partial charge in [0, 0.05) is 23.0 Å². The van der Waals surface area contributed by atoms with Crippen molar-refractivity contribution in [2.75, 3.05) is 0 Å². The van der Waals surface area contributed by atoms with Crippen LogP contribution in [0.3, 0.4) is 0 Å². The van der Waals surface area contributed by atoms with Crippen molar-refractivity contribution in [3.8, 4) is 17.4 Å². The second-order valence-corrected chi connectivity index (χ2v) is 5.99. The van der Waals surface area contributed by atoms with Gasteiger partial charge in [0.15, 0.2) is 0 Å². The van der Waals surface area contributed by atoms with Crippen LogP contribution in [0.15, 0.2) is 30.4 Å². The molecule has 0 amide bonds. The molecule has 0 saturated heterocycles. The van der Waals surface area contributed by atoms with Crippen LogP contribution in [0.25, 0.3) is 5.69 Å². The van der Waals surface area contributed by atoms with Crippen LogP contribution >= 0.6 is 11.6 Å². The summed E-state index contributed by atoms with van der Waals surface area (Å²) in [5.74, 6) is -0.229. The molecule has 108 valence electrons. The standard InChI is InChI=1S/C16H13ClFNO2/c17-11-7-10(5-6-12(11)18)19-15(20)13-8-1-2-9(4-3-8)14(13)16(19)21/h1-2,5-9,20-21H,3-4H2/t8-,9+. The predicted octanol–water partition coefficient (Wildman–Crippen LogP) is 4.21. The summed E-state index contributed by atoms with van der Waals surface area (Å²) >= 11 is 5.80. The van der Waals surface area contributed by atoms with Crippen molar-refractivity contribution in [1.29, 1.82) is 0 Å². The summed E-state index contributed by atoms with van der Waals surface area (Å²) in [5.41, 5.74) is 2.02. The van der Waals surface area contributed by atoms with E-state index in [4.69, 9.17) is 11.6 Å². The van der Waals surface area contributed by atoms with Gasteiger partial charge in [-0.2, -0.15) is 0 Å². The van der Waals surface area contributed by atoms with Crippen LogP contribution in [0.4, 0.5) is 4.39 Å². The third kappa shape index (κ3) is 1.65. The van der Waals surface area contributed by atoms with E-state index in [-0.39, 0.29) is 28.6 Å². The highest BCUT2D eigenvalue weighted by Crippen LogP contribution is 2.54. The largest absolute Gasteiger partial charge is 0.494 e. The van der Waals surface area contributed by atoms with Crippen LogP contribution in [0.2, 0.25) is 5.02 Å². The SMILES string of the molecule is Oc1c2c(c(O)n1-c1ccc(F)c(Cl)c1)[C@H]1C=C[C@@H]2CC1. The normalized spacial score (nSPS) is 22.6. The molecule has 2 bridgehead atoms. The predicted molar refractivity (Wildman–Crippen MR) is 77.9 cm³/mol. The van der Waals surface area contributed by atoms with Crippen LogP contribution in [-0.4, -0.2) is 14.8 Å². The second-order valence-electron chi connectivity index (χ2n) is 5.58. The van der Waals surface area contributed by atoms with Gasteiger partial charge in [-0.3, -0.25) is 4.57 Å². The molecule has 3 nitrogen and oxygen atoms in total. The van der Waals surface area contributed by atoms with E-state index < -0.39 is 5.82 Å². The van der Waals surface area contributed by atoms with E-state index in [1.807, 2.05) is 0 Å². The number of rotatable bonds is 1. The van der Waals surface area contributed by atoms with Gasteiger partial charge in [-0.05, 0) is 31.0 Å². The topological polar surface area (TPSA) is 45.4 Å². The van der Waals surface area contributed by atoms with Gasteiger partial charge in [-0.15, -0.1) is 0 Å². The fourth-order valence-corrected chi connectivity index (χ4v) is 3.66. The molecule has 3 aliphatic carbocycles. The van der Waals surface area contributed by atoms with Gasteiger partial charge < -0.3 is 10.2 Å². The first-order valence-electron chi connectivity index (χ1n) is 6.88. The Kier molecular flexibility index (Phi) is 2.60. The summed E-state index contributed by atoms with van der Waals surface area (Å²) in [6, 6.07) is 4.11. The van der Waals surface area contributed by atoms with E-state index in [1.54, 1.807) is 0 Å². The Morgan fingerprint density at radius 1 is 1.05 bits per heavy atom. The maximum Gasteiger partial charge on any atom is 0.202 e. The fraction of sp³-hybridized carbons (Fsp3) is 0.250. The molecule has 0 aliphatic heterocycles. The van der Waals surface area contributed by atoms with Gasteiger partial charge >= 0.3 is 0 Å². The number of benzene rings is 1. The summed E-state index contributed by atoms with van der Waals surface area (Å²) < 4.78 is 14.6. The summed E-state index contributed by atoms with van der Waals surface area (Å²) in [6.45, 7) is 0. The molecule has 0 spiro atoms. The van der Waals surface area contributed by atoms with Gasteiger partial charge in [0.2, 0.25) is 11.8 Å². The lowest BCUT2D eigenvalue weighted by Crippen LogP contribution is -2.15. The number of fused-ring (bicyclic) bond motifs is 1. The monoisotopic (exact) mass is 305 g/mol. The van der Waals surface area contributed by atoms with Crippen molar-refractivity contribution in [3.05, 3.63) is 52.3 Å². The molecular weight excluding hydrogens is 293 g/mol. The van der Waals surface area contributed by atoms with Crippen LogP contribution in [0, 0.1) is 5.82 Å². The second kappa shape index (κ2) is 4.28. The number of halogens is 2. The summed E-state index contributed by atoms with van der Waals surface area (Å²) in [4.78, 5) is 0. The average molecular weight is 306 g/mol. The van der Waals surface area contributed by atoms with Gasteiger partial charge in [-0.1, -0.05) is 23.8 Å². The van der Waals surface area contributed by atoms with Crippen molar-refractivity contribution in [2.45, 2.75) is 24.7 Å². The number of aromatic nitrogens is 1. The molecule has 2 N–H and O–H groups in total. The van der Waals surface area contributed by atoms with Crippen molar-refractivity contribution in [3.63, 3.8) is 0 Å². The lowest BCUT2D eigenvalue weighted by molar-refractivity contribution is 0.399. The third-order valence-corrected chi connectivity index (χ3v) is 4.75. The first-order valence-corrected chi connectivity index (χ1v) is 7.26. The Labute approximate surface area is 125 Å². The van der Waals surface area contributed by atoms with Gasteiger partial charge in [0.25, 0.3) is 0 Å². The molecule has 5 rings (SSSR count). The first-order chi connectivity index (χ1) is 10.1. The maximum atomic E-state index is 13.3. The number of aromatic hydroxyl groups is 2. The van der Waals surface area contributed by atoms with E-state index in [2.05, 4.69) is 12.2 Å². The molecule has 2 aromatic rings. The van der Waals surface area contributed by atoms with Gasteiger partial charge in [0.05, 0.1) is 10.7 Å². The molecular formula is C16H13ClFNO2. The van der Waals surface area contributed by atoms with E-state index in [9.17, 15) is 14.6 Å². The molecule has 21 heavy (non-hydrogen) atoms. The maximum absolute atomic E-state index is 13.3. The summed E-state index contributed by atoms with van der Waals surface area (Å²) in [7, 11) is 0. The minimum atomic E-state index is -0.530. The zero-order chi connectivity index (χ0) is 14.7. The third-order valence-electron chi connectivity index (χ3n) is 4.46. The number of hydrogen-bond donors (Lipinski definition) is 2. The van der Waals surface area contributed by atoms with Crippen molar-refractivity contribution < 1.29 is 14.6 Å². The Balaban J connectivity index is 1.96. The zero-order valence-electron chi connectivity index (χ0n) is 11.1. The van der Waals surface area contributed by atoms with Gasteiger partial charge in [-0.25, -0.2) is 4.39 Å². The number of hydrogen-bond acceptors (Lipinski definition) is 2. The molecule has 0 saturated carbocycles. The summed E-state index contributed by atoms with van der Waals surface area (Å²) in [5, 5.41) is 21.0. The smallest absolute Gasteiger partial charge is 0.202 e. The quantitative estimate of drug-likeness (QED) is 0.775. The minimum Gasteiger partial charge on any atom is -0.494 e. The average Bonchev–Trinajstić information content (AvgIpc) is 2.78. The molecule has 2 atom stereocenters. The van der Waals surface area contributed by atoms with Crippen molar-refractivity contribution >= 4 is 11.6 Å². The molecule has 5 heteroatoms. The van der Waals surface area contributed by atoms with Crippen LogP contribution in [-0.2, 0) is 0 Å². The Hall–Kier alpha value is -1.94. The van der Waals surface area contributed by atoms with Crippen LogP contribution in [0.5, 0.6) is 11.8 Å². The Bertz CT molecular complexity index is 744. The Morgan fingerprint density at radius 3 is 2.10 bits per heavy atom. The summed E-state index contributed by atoms with van der Waals surface area (Å²) in [6.07, 6.45) is 6.10. The molecule has 3 aliphatic rings.